The minimum Gasteiger partial charge on any atom is -0.341 e. The zero-order valence-electron chi connectivity index (χ0n) is 12.9. The molecular formula is C17H20ClFN2O2. The number of hydrogen-bond acceptors (Lipinski definition) is 2. The molecule has 1 saturated carbocycles. The summed E-state index contributed by atoms with van der Waals surface area (Å²) in [7, 11) is 0. The van der Waals surface area contributed by atoms with E-state index in [1.807, 2.05) is 0 Å². The number of amides is 2. The Labute approximate surface area is 140 Å². The third-order valence-corrected chi connectivity index (χ3v) is 5.11. The van der Waals surface area contributed by atoms with Gasteiger partial charge in [0.2, 0.25) is 11.8 Å². The number of carbonyl (C=O) groups excluding carboxylic acids is 2. The highest BCUT2D eigenvalue weighted by atomic mass is 35.5. The van der Waals surface area contributed by atoms with Crippen LogP contribution in [0.2, 0.25) is 5.02 Å². The van der Waals surface area contributed by atoms with E-state index in [1.54, 1.807) is 11.0 Å². The number of anilines is 1. The summed E-state index contributed by atoms with van der Waals surface area (Å²) in [5.74, 6) is -0.720. The van der Waals surface area contributed by atoms with Gasteiger partial charge in [-0.05, 0) is 25.0 Å². The number of halogens is 2. The number of nitrogens with one attached hydrogen (secondary N) is 1. The molecule has 2 fully saturated rings. The van der Waals surface area contributed by atoms with Crippen LogP contribution in [0.15, 0.2) is 18.2 Å². The van der Waals surface area contributed by atoms with Crippen molar-refractivity contribution in [1.29, 1.82) is 0 Å². The van der Waals surface area contributed by atoms with Crippen LogP contribution in [-0.4, -0.2) is 29.8 Å². The molecule has 1 aromatic carbocycles. The molecule has 3 rings (SSSR count). The molecule has 0 spiro atoms. The Bertz CT molecular complexity index is 611. The summed E-state index contributed by atoms with van der Waals surface area (Å²) in [5, 5.41) is 2.56. The van der Waals surface area contributed by atoms with Crippen molar-refractivity contribution in [2.24, 2.45) is 11.8 Å². The molecule has 0 unspecified atom stereocenters. The smallest absolute Gasteiger partial charge is 0.231 e. The zero-order valence-corrected chi connectivity index (χ0v) is 13.6. The minimum absolute atomic E-state index is 0.0877. The zero-order chi connectivity index (χ0) is 16.4. The van der Waals surface area contributed by atoms with Crippen molar-refractivity contribution in [1.82, 2.24) is 4.90 Å². The molecule has 0 radical (unpaired) electrons. The summed E-state index contributed by atoms with van der Waals surface area (Å²) in [4.78, 5) is 26.3. The maximum Gasteiger partial charge on any atom is 0.231 e. The number of hydrogen-bond donors (Lipinski definition) is 1. The van der Waals surface area contributed by atoms with Crippen molar-refractivity contribution in [3.63, 3.8) is 0 Å². The molecular weight excluding hydrogens is 319 g/mol. The highest BCUT2D eigenvalue weighted by Crippen LogP contribution is 2.30. The van der Waals surface area contributed by atoms with Crippen LogP contribution >= 0.6 is 11.6 Å². The molecule has 0 atom stereocenters. The van der Waals surface area contributed by atoms with Crippen molar-refractivity contribution < 1.29 is 14.0 Å². The second-order valence-corrected chi connectivity index (χ2v) is 6.74. The summed E-state index contributed by atoms with van der Waals surface area (Å²) in [6.07, 6.45) is 5.37. The average Bonchev–Trinajstić information content (AvgIpc) is 2.51. The van der Waals surface area contributed by atoms with Crippen LogP contribution in [0.3, 0.4) is 0 Å². The fraction of sp³-hybridized carbons (Fsp3) is 0.529. The maximum absolute atomic E-state index is 13.4. The first-order valence-corrected chi connectivity index (χ1v) is 8.47. The van der Waals surface area contributed by atoms with Crippen LogP contribution in [0.4, 0.5) is 10.1 Å². The minimum atomic E-state index is -0.563. The van der Waals surface area contributed by atoms with Gasteiger partial charge in [0, 0.05) is 19.0 Å². The third kappa shape index (κ3) is 3.50. The van der Waals surface area contributed by atoms with Crippen molar-refractivity contribution in [3.8, 4) is 0 Å². The first kappa shape index (κ1) is 16.2. The number of carbonyl (C=O) groups is 2. The van der Waals surface area contributed by atoms with Crippen molar-refractivity contribution in [3.05, 3.63) is 29.0 Å². The van der Waals surface area contributed by atoms with Gasteiger partial charge in [-0.25, -0.2) is 4.39 Å². The van der Waals surface area contributed by atoms with E-state index in [4.69, 9.17) is 11.6 Å². The summed E-state index contributed by atoms with van der Waals surface area (Å²) in [5.41, 5.74) is 0.272. The second kappa shape index (κ2) is 6.87. The number of likely N-dealkylation sites (tertiary alicyclic amines) is 1. The Hall–Kier alpha value is -1.62. The van der Waals surface area contributed by atoms with E-state index in [0.717, 1.165) is 25.7 Å². The average molecular weight is 339 g/mol. The Balaban J connectivity index is 1.51. The molecule has 2 aliphatic rings. The summed E-state index contributed by atoms with van der Waals surface area (Å²) >= 11 is 5.83. The SMILES string of the molecule is O=C(Nc1cccc(F)c1Cl)C1CN(C(=O)C2CCCCC2)C1. The van der Waals surface area contributed by atoms with Gasteiger partial charge in [0.15, 0.2) is 0 Å². The summed E-state index contributed by atoms with van der Waals surface area (Å²) in [6, 6.07) is 4.30. The van der Waals surface area contributed by atoms with E-state index in [0.29, 0.717) is 13.1 Å². The van der Waals surface area contributed by atoms with Gasteiger partial charge < -0.3 is 10.2 Å². The van der Waals surface area contributed by atoms with Gasteiger partial charge in [-0.2, -0.15) is 0 Å². The Morgan fingerprint density at radius 1 is 1.13 bits per heavy atom. The van der Waals surface area contributed by atoms with Crippen molar-refractivity contribution in [2.45, 2.75) is 32.1 Å². The van der Waals surface area contributed by atoms with Crippen molar-refractivity contribution in [2.75, 3.05) is 18.4 Å². The predicted molar refractivity (Wildman–Crippen MR) is 86.7 cm³/mol. The lowest BCUT2D eigenvalue weighted by Gasteiger charge is -2.40. The van der Waals surface area contributed by atoms with Crippen LogP contribution in [0.1, 0.15) is 32.1 Å². The first-order valence-electron chi connectivity index (χ1n) is 8.10. The van der Waals surface area contributed by atoms with E-state index < -0.39 is 5.82 Å². The fourth-order valence-electron chi connectivity index (χ4n) is 3.27. The van der Waals surface area contributed by atoms with Crippen LogP contribution in [0.5, 0.6) is 0 Å². The fourth-order valence-corrected chi connectivity index (χ4v) is 3.44. The van der Waals surface area contributed by atoms with Gasteiger partial charge >= 0.3 is 0 Å². The van der Waals surface area contributed by atoms with Crippen LogP contribution in [0.25, 0.3) is 0 Å². The summed E-state index contributed by atoms with van der Waals surface area (Å²) in [6.45, 7) is 0.877. The molecule has 1 aromatic rings. The molecule has 4 nitrogen and oxygen atoms in total. The van der Waals surface area contributed by atoms with Gasteiger partial charge in [0.25, 0.3) is 0 Å². The van der Waals surface area contributed by atoms with Crippen LogP contribution in [0, 0.1) is 17.7 Å². The molecule has 124 valence electrons. The maximum atomic E-state index is 13.4. The van der Waals surface area contributed by atoms with Crippen molar-refractivity contribution >= 4 is 29.1 Å². The van der Waals surface area contributed by atoms with E-state index in [-0.39, 0.29) is 34.4 Å². The lowest BCUT2D eigenvalue weighted by atomic mass is 9.86. The van der Waals surface area contributed by atoms with Gasteiger partial charge in [-0.15, -0.1) is 0 Å². The van der Waals surface area contributed by atoms with E-state index in [9.17, 15) is 14.0 Å². The topological polar surface area (TPSA) is 49.4 Å². The first-order chi connectivity index (χ1) is 11.1. The number of nitrogens with zero attached hydrogens (tertiary/aromatic N) is 1. The predicted octanol–water partition coefficient (Wildman–Crippen LogP) is 3.46. The van der Waals surface area contributed by atoms with Gasteiger partial charge in [0.05, 0.1) is 16.6 Å². The molecule has 1 aliphatic heterocycles. The molecule has 23 heavy (non-hydrogen) atoms. The molecule has 2 amide bonds. The Morgan fingerprint density at radius 3 is 2.52 bits per heavy atom. The van der Waals surface area contributed by atoms with Gasteiger partial charge in [0.1, 0.15) is 5.82 Å². The van der Waals surface area contributed by atoms with E-state index >= 15 is 0 Å². The lowest BCUT2D eigenvalue weighted by molar-refractivity contribution is -0.145. The third-order valence-electron chi connectivity index (χ3n) is 4.73. The lowest BCUT2D eigenvalue weighted by Crippen LogP contribution is -2.56. The highest BCUT2D eigenvalue weighted by Gasteiger charge is 2.38. The summed E-state index contributed by atoms with van der Waals surface area (Å²) < 4.78 is 13.4. The number of rotatable bonds is 3. The Kier molecular flexibility index (Phi) is 4.85. The quantitative estimate of drug-likeness (QED) is 0.917. The molecule has 1 heterocycles. The van der Waals surface area contributed by atoms with Crippen LogP contribution in [-0.2, 0) is 9.59 Å². The monoisotopic (exact) mass is 338 g/mol. The van der Waals surface area contributed by atoms with Crippen LogP contribution < -0.4 is 5.32 Å². The molecule has 1 saturated heterocycles. The molecule has 6 heteroatoms. The van der Waals surface area contributed by atoms with E-state index in [1.165, 1.54) is 18.6 Å². The number of benzene rings is 1. The van der Waals surface area contributed by atoms with Gasteiger partial charge in [-0.3, -0.25) is 9.59 Å². The Morgan fingerprint density at radius 2 is 1.83 bits per heavy atom. The molecule has 0 aromatic heterocycles. The largest absolute Gasteiger partial charge is 0.341 e. The standard InChI is InChI=1S/C17H20ClFN2O2/c18-15-13(19)7-4-8-14(15)20-16(22)12-9-21(10-12)17(23)11-5-2-1-3-6-11/h4,7-8,11-12H,1-3,5-6,9-10H2,(H,20,22). The molecule has 1 N–H and O–H groups in total. The van der Waals surface area contributed by atoms with E-state index in [2.05, 4.69) is 5.32 Å². The molecule has 1 aliphatic carbocycles. The van der Waals surface area contributed by atoms with Gasteiger partial charge in [-0.1, -0.05) is 36.9 Å². The highest BCUT2D eigenvalue weighted by molar-refractivity contribution is 6.33. The molecule has 0 bridgehead atoms. The second-order valence-electron chi connectivity index (χ2n) is 6.37. The normalized spacial score (nSPS) is 19.3.